The molecule has 3 heterocycles. The number of halogens is 1. The van der Waals surface area contributed by atoms with E-state index in [1.165, 1.54) is 6.08 Å². The fourth-order valence-electron chi connectivity index (χ4n) is 3.86. The lowest BCUT2D eigenvalue weighted by Crippen LogP contribution is -2.43. The van der Waals surface area contributed by atoms with E-state index in [9.17, 15) is 9.18 Å². The molecule has 0 aromatic rings. The SMILES string of the molecule is O=C1NC(CSC2CCNCC2)=NC2=CC(=NCCN3CCOCC3)C=C(F)C12. The van der Waals surface area contributed by atoms with Gasteiger partial charge in [0.2, 0.25) is 5.91 Å². The largest absolute Gasteiger partial charge is 0.379 e. The second-order valence-corrected chi connectivity index (χ2v) is 8.89. The summed E-state index contributed by atoms with van der Waals surface area (Å²) in [6.45, 7) is 6.77. The average Bonchev–Trinajstić information content (AvgIpc) is 2.73. The van der Waals surface area contributed by atoms with Gasteiger partial charge in [-0.2, -0.15) is 11.8 Å². The second-order valence-electron chi connectivity index (χ2n) is 7.60. The summed E-state index contributed by atoms with van der Waals surface area (Å²) >= 11 is 1.81. The highest BCUT2D eigenvalue weighted by molar-refractivity contribution is 8.00. The molecule has 1 atom stereocenters. The number of amidine groups is 1. The predicted octanol–water partition coefficient (Wildman–Crippen LogP) is 1.14. The zero-order chi connectivity index (χ0) is 20.1. The zero-order valence-electron chi connectivity index (χ0n) is 16.5. The summed E-state index contributed by atoms with van der Waals surface area (Å²) in [5.41, 5.74) is 1.01. The van der Waals surface area contributed by atoms with Gasteiger partial charge in [0.05, 0.1) is 36.9 Å². The minimum atomic E-state index is -0.944. The Morgan fingerprint density at radius 2 is 2.07 bits per heavy atom. The maximum Gasteiger partial charge on any atom is 0.241 e. The molecule has 2 fully saturated rings. The van der Waals surface area contributed by atoms with E-state index >= 15 is 0 Å². The van der Waals surface area contributed by atoms with Crippen molar-refractivity contribution in [2.45, 2.75) is 18.1 Å². The molecule has 2 N–H and O–H groups in total. The minimum Gasteiger partial charge on any atom is -0.379 e. The molecule has 4 aliphatic rings. The van der Waals surface area contributed by atoms with Gasteiger partial charge in [0.25, 0.3) is 0 Å². The predicted molar refractivity (Wildman–Crippen MR) is 114 cm³/mol. The van der Waals surface area contributed by atoms with Crippen molar-refractivity contribution in [2.75, 3.05) is 58.2 Å². The van der Waals surface area contributed by atoms with Gasteiger partial charge < -0.3 is 15.4 Å². The van der Waals surface area contributed by atoms with Crippen LogP contribution < -0.4 is 10.6 Å². The van der Waals surface area contributed by atoms with Gasteiger partial charge in [-0.05, 0) is 38.1 Å². The van der Waals surface area contributed by atoms with E-state index in [0.29, 0.717) is 34.8 Å². The van der Waals surface area contributed by atoms with E-state index < -0.39 is 11.7 Å². The number of piperidine rings is 1. The third-order valence-corrected chi connectivity index (χ3v) is 6.89. The maximum absolute atomic E-state index is 14.6. The summed E-state index contributed by atoms with van der Waals surface area (Å²) < 4.78 is 19.9. The van der Waals surface area contributed by atoms with Crippen molar-refractivity contribution in [1.29, 1.82) is 0 Å². The molecule has 0 aromatic carbocycles. The van der Waals surface area contributed by atoms with E-state index in [2.05, 4.69) is 25.5 Å². The number of hydrogen-bond donors (Lipinski definition) is 2. The highest BCUT2D eigenvalue weighted by Crippen LogP contribution is 2.30. The van der Waals surface area contributed by atoms with Crippen molar-refractivity contribution in [2.24, 2.45) is 15.9 Å². The summed E-state index contributed by atoms with van der Waals surface area (Å²) in [5.74, 6) is -0.522. The number of fused-ring (bicyclic) bond motifs is 1. The van der Waals surface area contributed by atoms with Crippen molar-refractivity contribution < 1.29 is 13.9 Å². The molecule has 4 rings (SSSR count). The standard InChI is InChI=1S/C20H28FN5O2S/c21-16-11-14(23-5-6-26-7-9-28-10-8-26)12-17-19(16)20(27)25-18(24-17)13-29-15-1-3-22-4-2-15/h11-12,15,19,22H,1-10,13H2,(H,24,25,27). The molecule has 0 radical (unpaired) electrons. The van der Waals surface area contributed by atoms with E-state index in [4.69, 9.17) is 4.74 Å². The summed E-state index contributed by atoms with van der Waals surface area (Å²) in [4.78, 5) is 23.8. The van der Waals surface area contributed by atoms with Crippen molar-refractivity contribution in [3.63, 3.8) is 0 Å². The molecule has 0 aromatic heterocycles. The van der Waals surface area contributed by atoms with Crippen LogP contribution in [0.25, 0.3) is 0 Å². The Morgan fingerprint density at radius 3 is 2.86 bits per heavy atom. The molecule has 0 saturated carbocycles. The van der Waals surface area contributed by atoms with Crippen LogP contribution in [0.3, 0.4) is 0 Å². The number of rotatable bonds is 6. The highest BCUT2D eigenvalue weighted by Gasteiger charge is 2.35. The van der Waals surface area contributed by atoms with Gasteiger partial charge in [0, 0.05) is 24.9 Å². The quantitative estimate of drug-likeness (QED) is 0.673. The Kier molecular flexibility index (Phi) is 7.12. The van der Waals surface area contributed by atoms with Gasteiger partial charge in [-0.15, -0.1) is 0 Å². The number of thioether (sulfide) groups is 1. The molecule has 1 amide bonds. The van der Waals surface area contributed by atoms with Gasteiger partial charge in [-0.25, -0.2) is 9.38 Å². The monoisotopic (exact) mass is 421 g/mol. The van der Waals surface area contributed by atoms with Crippen LogP contribution in [0.4, 0.5) is 4.39 Å². The third-order valence-electron chi connectivity index (χ3n) is 5.50. The zero-order valence-corrected chi connectivity index (χ0v) is 17.3. The number of ether oxygens (including phenoxy) is 1. The fraction of sp³-hybridized carbons (Fsp3) is 0.650. The molecule has 29 heavy (non-hydrogen) atoms. The number of carbonyl (C=O) groups is 1. The molecule has 7 nitrogen and oxygen atoms in total. The summed E-state index contributed by atoms with van der Waals surface area (Å²) in [6.07, 6.45) is 5.35. The van der Waals surface area contributed by atoms with Crippen molar-refractivity contribution in [1.82, 2.24) is 15.5 Å². The maximum atomic E-state index is 14.6. The lowest BCUT2D eigenvalue weighted by molar-refractivity contribution is -0.122. The Balaban J connectivity index is 1.39. The van der Waals surface area contributed by atoms with Crippen LogP contribution in [-0.4, -0.2) is 85.8 Å². The lowest BCUT2D eigenvalue weighted by atomic mass is 9.94. The Bertz CT molecular complexity index is 739. The molecular formula is C20H28FN5O2S. The van der Waals surface area contributed by atoms with E-state index in [-0.39, 0.29) is 5.91 Å². The van der Waals surface area contributed by atoms with Gasteiger partial charge in [0.15, 0.2) is 0 Å². The number of allylic oxidation sites excluding steroid dienone is 2. The fourth-order valence-corrected chi connectivity index (χ4v) is 4.96. The molecule has 2 saturated heterocycles. The number of morpholine rings is 1. The minimum absolute atomic E-state index is 0.340. The van der Waals surface area contributed by atoms with Crippen molar-refractivity contribution in [3.8, 4) is 0 Å². The number of hydrogen-bond acceptors (Lipinski definition) is 7. The number of aliphatic imine (C=N–C) groups is 2. The third kappa shape index (κ3) is 5.53. The molecule has 158 valence electrons. The van der Waals surface area contributed by atoms with Crippen LogP contribution in [0.5, 0.6) is 0 Å². The first kappa shape index (κ1) is 20.7. The van der Waals surface area contributed by atoms with Crippen LogP contribution in [-0.2, 0) is 9.53 Å². The normalized spacial score (nSPS) is 27.8. The van der Waals surface area contributed by atoms with Gasteiger partial charge in [-0.3, -0.25) is 14.7 Å². The molecular weight excluding hydrogens is 393 g/mol. The topological polar surface area (TPSA) is 78.3 Å². The molecule has 9 heteroatoms. The first-order valence-corrected chi connectivity index (χ1v) is 11.4. The van der Waals surface area contributed by atoms with E-state index in [1.807, 2.05) is 11.8 Å². The molecule has 0 spiro atoms. The summed E-state index contributed by atoms with van der Waals surface area (Å²) in [6, 6.07) is 0. The average molecular weight is 422 g/mol. The van der Waals surface area contributed by atoms with Crippen molar-refractivity contribution in [3.05, 3.63) is 23.7 Å². The van der Waals surface area contributed by atoms with Crippen molar-refractivity contribution >= 4 is 29.2 Å². The van der Waals surface area contributed by atoms with Gasteiger partial charge >= 0.3 is 0 Å². The molecule has 3 aliphatic heterocycles. The first-order valence-electron chi connectivity index (χ1n) is 10.3. The van der Waals surface area contributed by atoms with Gasteiger partial charge in [-0.1, -0.05) is 0 Å². The number of nitrogens with zero attached hydrogens (tertiary/aromatic N) is 3. The smallest absolute Gasteiger partial charge is 0.241 e. The number of nitrogens with one attached hydrogen (secondary N) is 2. The number of amides is 1. The van der Waals surface area contributed by atoms with Crippen LogP contribution in [0, 0.1) is 5.92 Å². The lowest BCUT2D eigenvalue weighted by Gasteiger charge is -2.27. The molecule has 1 aliphatic carbocycles. The first-order chi connectivity index (χ1) is 14.2. The van der Waals surface area contributed by atoms with Crippen LogP contribution in [0.15, 0.2) is 33.7 Å². The Hall–Kier alpha value is -1.55. The highest BCUT2D eigenvalue weighted by atomic mass is 32.2. The van der Waals surface area contributed by atoms with Crippen LogP contribution in [0.1, 0.15) is 12.8 Å². The van der Waals surface area contributed by atoms with Gasteiger partial charge in [0.1, 0.15) is 17.6 Å². The second kappa shape index (κ2) is 9.97. The Morgan fingerprint density at radius 1 is 1.28 bits per heavy atom. The van der Waals surface area contributed by atoms with E-state index in [1.54, 1.807) is 6.08 Å². The van der Waals surface area contributed by atoms with Crippen LogP contribution >= 0.6 is 11.8 Å². The van der Waals surface area contributed by atoms with E-state index in [0.717, 1.165) is 58.8 Å². The molecule has 1 unspecified atom stereocenters. The Labute approximate surface area is 174 Å². The van der Waals surface area contributed by atoms with Crippen LogP contribution in [0.2, 0.25) is 0 Å². The summed E-state index contributed by atoms with van der Waals surface area (Å²) in [7, 11) is 0. The summed E-state index contributed by atoms with van der Waals surface area (Å²) in [5, 5.41) is 6.70. The number of carbonyl (C=O) groups excluding carboxylic acids is 1. The molecule has 0 bridgehead atoms.